The van der Waals surface area contributed by atoms with Crippen molar-refractivity contribution in [1.82, 2.24) is 20.4 Å². The maximum atomic E-state index is 4.28. The summed E-state index contributed by atoms with van der Waals surface area (Å²) in [6.45, 7) is 5.94. The van der Waals surface area contributed by atoms with Crippen molar-refractivity contribution in [1.29, 1.82) is 0 Å². The van der Waals surface area contributed by atoms with Crippen molar-refractivity contribution < 1.29 is 0 Å². The van der Waals surface area contributed by atoms with Gasteiger partial charge in [-0.1, -0.05) is 23.8 Å². The molecule has 0 unspecified atom stereocenters. The second-order valence-electron chi connectivity index (χ2n) is 5.91. The van der Waals surface area contributed by atoms with Crippen LogP contribution < -0.4 is 10.6 Å². The first-order valence-electron chi connectivity index (χ1n) is 8.06. The number of aryl methyl sites for hydroxylation is 4. The second-order valence-corrected chi connectivity index (χ2v) is 5.91. The minimum atomic E-state index is 0.786. The van der Waals surface area contributed by atoms with Gasteiger partial charge in [-0.15, -0.1) is 0 Å². The molecule has 0 saturated heterocycles. The van der Waals surface area contributed by atoms with E-state index in [0.29, 0.717) is 0 Å². The van der Waals surface area contributed by atoms with Crippen LogP contribution in [0.2, 0.25) is 0 Å². The largest absolute Gasteiger partial charge is 0.356 e. The molecule has 0 amide bonds. The number of hydrogen-bond acceptors (Lipinski definition) is 2. The minimum Gasteiger partial charge on any atom is -0.356 e. The predicted octanol–water partition coefficient (Wildman–Crippen LogP) is 2.33. The Morgan fingerprint density at radius 3 is 2.74 bits per heavy atom. The zero-order valence-corrected chi connectivity index (χ0v) is 14.6. The monoisotopic (exact) mass is 313 g/mol. The van der Waals surface area contributed by atoms with E-state index in [9.17, 15) is 0 Å². The topological polar surface area (TPSA) is 54.2 Å². The molecule has 0 aliphatic rings. The first-order valence-corrected chi connectivity index (χ1v) is 8.06. The van der Waals surface area contributed by atoms with Crippen LogP contribution >= 0.6 is 0 Å². The zero-order chi connectivity index (χ0) is 16.7. The van der Waals surface area contributed by atoms with Crippen LogP contribution in [0.5, 0.6) is 0 Å². The smallest absolute Gasteiger partial charge is 0.191 e. The number of aromatic nitrogens is 2. The van der Waals surface area contributed by atoms with Gasteiger partial charge in [0.2, 0.25) is 0 Å². The molecule has 5 heteroatoms. The molecule has 0 radical (unpaired) electrons. The fourth-order valence-corrected chi connectivity index (χ4v) is 2.54. The molecule has 0 spiro atoms. The Kier molecular flexibility index (Phi) is 6.20. The van der Waals surface area contributed by atoms with Crippen LogP contribution in [0.3, 0.4) is 0 Å². The summed E-state index contributed by atoms with van der Waals surface area (Å²) in [6, 6.07) is 6.53. The normalized spacial score (nSPS) is 11.6. The van der Waals surface area contributed by atoms with Crippen LogP contribution in [0.25, 0.3) is 0 Å². The maximum absolute atomic E-state index is 4.28. The molecule has 0 fully saturated rings. The summed E-state index contributed by atoms with van der Waals surface area (Å²) in [5.74, 6) is 0.844. The van der Waals surface area contributed by atoms with Gasteiger partial charge < -0.3 is 10.6 Å². The van der Waals surface area contributed by atoms with Crippen molar-refractivity contribution in [3.8, 4) is 0 Å². The predicted molar refractivity (Wildman–Crippen MR) is 95.6 cm³/mol. The number of nitrogens with zero attached hydrogens (tertiary/aromatic N) is 3. The van der Waals surface area contributed by atoms with Gasteiger partial charge in [0.25, 0.3) is 0 Å². The van der Waals surface area contributed by atoms with E-state index >= 15 is 0 Å². The average molecular weight is 313 g/mol. The summed E-state index contributed by atoms with van der Waals surface area (Å²) in [5, 5.41) is 10.9. The average Bonchev–Trinajstić information content (AvgIpc) is 2.93. The number of aliphatic imine (C=N–C) groups is 1. The van der Waals surface area contributed by atoms with Crippen molar-refractivity contribution >= 4 is 5.96 Å². The molecule has 1 heterocycles. The van der Waals surface area contributed by atoms with Crippen LogP contribution in [-0.4, -0.2) is 29.3 Å². The van der Waals surface area contributed by atoms with E-state index in [4.69, 9.17) is 0 Å². The molecule has 0 saturated carbocycles. The highest BCUT2D eigenvalue weighted by Gasteiger charge is 2.02. The third kappa shape index (κ3) is 5.43. The van der Waals surface area contributed by atoms with Crippen LogP contribution in [0, 0.1) is 13.8 Å². The molecule has 124 valence electrons. The molecular formula is C18H27N5. The van der Waals surface area contributed by atoms with Crippen LogP contribution in [0.15, 0.2) is 35.6 Å². The van der Waals surface area contributed by atoms with Gasteiger partial charge in [-0.2, -0.15) is 5.10 Å². The van der Waals surface area contributed by atoms with Crippen molar-refractivity contribution in [3.63, 3.8) is 0 Å². The Bertz CT molecular complexity index is 657. The molecule has 23 heavy (non-hydrogen) atoms. The maximum Gasteiger partial charge on any atom is 0.191 e. The molecule has 2 aromatic rings. The third-order valence-corrected chi connectivity index (χ3v) is 3.86. The summed E-state index contributed by atoms with van der Waals surface area (Å²) < 4.78 is 1.84. The van der Waals surface area contributed by atoms with E-state index in [1.54, 1.807) is 7.05 Å². The van der Waals surface area contributed by atoms with Crippen LogP contribution in [-0.2, 0) is 20.0 Å². The molecule has 0 atom stereocenters. The van der Waals surface area contributed by atoms with Crippen molar-refractivity contribution in [2.45, 2.75) is 33.2 Å². The third-order valence-electron chi connectivity index (χ3n) is 3.86. The molecule has 2 rings (SSSR count). The summed E-state index contributed by atoms with van der Waals surface area (Å²) in [4.78, 5) is 4.28. The van der Waals surface area contributed by atoms with Gasteiger partial charge in [-0.3, -0.25) is 9.67 Å². The van der Waals surface area contributed by atoms with Gasteiger partial charge in [0.1, 0.15) is 0 Å². The van der Waals surface area contributed by atoms with Gasteiger partial charge in [-0.05, 0) is 43.4 Å². The Hall–Kier alpha value is -2.30. The highest BCUT2D eigenvalue weighted by molar-refractivity contribution is 5.79. The highest BCUT2D eigenvalue weighted by atomic mass is 15.2. The lowest BCUT2D eigenvalue weighted by atomic mass is 10.1. The lowest BCUT2D eigenvalue weighted by Gasteiger charge is -2.13. The molecular weight excluding hydrogens is 286 g/mol. The van der Waals surface area contributed by atoms with Crippen molar-refractivity contribution in [3.05, 3.63) is 52.8 Å². The number of benzene rings is 1. The van der Waals surface area contributed by atoms with E-state index in [0.717, 1.165) is 31.9 Å². The molecule has 5 nitrogen and oxygen atoms in total. The fraction of sp³-hybridized carbons (Fsp3) is 0.444. The Balaban J connectivity index is 1.73. The number of guanidine groups is 1. The molecule has 0 bridgehead atoms. The standard InChI is InChI=1S/C18H27N5/c1-14-7-8-17(15(2)10-14)12-21-18(19-3)20-9-5-6-16-11-22-23(4)13-16/h7-8,10-11,13H,5-6,9,12H2,1-4H3,(H2,19,20,21). The summed E-state index contributed by atoms with van der Waals surface area (Å²) in [7, 11) is 3.75. The molecule has 0 aliphatic carbocycles. The molecule has 1 aromatic carbocycles. The van der Waals surface area contributed by atoms with Gasteiger partial charge >= 0.3 is 0 Å². The highest BCUT2D eigenvalue weighted by Crippen LogP contribution is 2.09. The first-order chi connectivity index (χ1) is 11.1. The lowest BCUT2D eigenvalue weighted by molar-refractivity contribution is 0.738. The minimum absolute atomic E-state index is 0.786. The fourth-order valence-electron chi connectivity index (χ4n) is 2.54. The second kappa shape index (κ2) is 8.36. The number of hydrogen-bond donors (Lipinski definition) is 2. The molecule has 0 aliphatic heterocycles. The van der Waals surface area contributed by atoms with Crippen LogP contribution in [0.1, 0.15) is 28.7 Å². The first kappa shape index (κ1) is 17.1. The van der Waals surface area contributed by atoms with Gasteiger partial charge in [-0.25, -0.2) is 0 Å². The van der Waals surface area contributed by atoms with Gasteiger partial charge in [0.15, 0.2) is 5.96 Å². The number of nitrogens with one attached hydrogen (secondary N) is 2. The number of rotatable bonds is 6. The van der Waals surface area contributed by atoms with Crippen molar-refractivity contribution in [2.75, 3.05) is 13.6 Å². The quantitative estimate of drug-likeness (QED) is 0.489. The summed E-state index contributed by atoms with van der Waals surface area (Å²) >= 11 is 0. The van der Waals surface area contributed by atoms with E-state index in [1.807, 2.05) is 17.9 Å². The van der Waals surface area contributed by atoms with Gasteiger partial charge in [0, 0.05) is 33.4 Å². The lowest BCUT2D eigenvalue weighted by Crippen LogP contribution is -2.37. The van der Waals surface area contributed by atoms with E-state index in [2.05, 4.69) is 59.0 Å². The Morgan fingerprint density at radius 1 is 1.26 bits per heavy atom. The summed E-state index contributed by atoms with van der Waals surface area (Å²) in [6.07, 6.45) is 6.06. The van der Waals surface area contributed by atoms with E-state index in [-0.39, 0.29) is 0 Å². The van der Waals surface area contributed by atoms with E-state index < -0.39 is 0 Å². The van der Waals surface area contributed by atoms with Gasteiger partial charge in [0.05, 0.1) is 6.20 Å². The van der Waals surface area contributed by atoms with Crippen LogP contribution in [0.4, 0.5) is 0 Å². The van der Waals surface area contributed by atoms with Crippen molar-refractivity contribution in [2.24, 2.45) is 12.0 Å². The molecule has 2 N–H and O–H groups in total. The Morgan fingerprint density at radius 2 is 2.09 bits per heavy atom. The zero-order valence-electron chi connectivity index (χ0n) is 14.6. The van der Waals surface area contributed by atoms with E-state index in [1.165, 1.54) is 22.3 Å². The Labute approximate surface area is 138 Å². The molecule has 1 aromatic heterocycles. The summed E-state index contributed by atoms with van der Waals surface area (Å²) in [5.41, 5.74) is 5.18. The SMILES string of the molecule is CN=C(NCCCc1cnn(C)c1)NCc1ccc(C)cc1C.